The maximum absolute atomic E-state index is 12.7. The lowest BCUT2D eigenvalue weighted by atomic mass is 10.0. The van der Waals surface area contributed by atoms with Gasteiger partial charge in [-0.2, -0.15) is 5.10 Å². The molecule has 0 unspecified atom stereocenters. The van der Waals surface area contributed by atoms with E-state index in [1.165, 1.54) is 6.21 Å². The van der Waals surface area contributed by atoms with Crippen molar-refractivity contribution in [2.45, 2.75) is 6.92 Å². The van der Waals surface area contributed by atoms with E-state index in [-0.39, 0.29) is 18.2 Å². The van der Waals surface area contributed by atoms with Crippen LogP contribution in [0.5, 0.6) is 5.75 Å². The minimum atomic E-state index is -0.556. The summed E-state index contributed by atoms with van der Waals surface area (Å²) < 4.78 is 5.63. The van der Waals surface area contributed by atoms with Gasteiger partial charge < -0.3 is 10.1 Å². The molecule has 0 atom stereocenters. The van der Waals surface area contributed by atoms with Crippen molar-refractivity contribution < 1.29 is 19.1 Å². The molecule has 4 aromatic carbocycles. The average Bonchev–Trinajstić information content (AvgIpc) is 2.89. The van der Waals surface area contributed by atoms with Crippen molar-refractivity contribution in [1.29, 1.82) is 0 Å². The van der Waals surface area contributed by atoms with Crippen molar-refractivity contribution >= 4 is 46.4 Å². The molecular formula is C28H22ClN3O4. The van der Waals surface area contributed by atoms with E-state index in [1.807, 2.05) is 49.4 Å². The zero-order chi connectivity index (χ0) is 25.5. The molecule has 7 nitrogen and oxygen atoms in total. The first kappa shape index (κ1) is 24.6. The summed E-state index contributed by atoms with van der Waals surface area (Å²) in [6.45, 7) is 1.57. The number of nitrogens with zero attached hydrogens (tertiary/aromatic N) is 1. The number of fused-ring (bicyclic) bond motifs is 1. The van der Waals surface area contributed by atoms with E-state index in [2.05, 4.69) is 15.8 Å². The number of hydrogen-bond donors (Lipinski definition) is 2. The summed E-state index contributed by atoms with van der Waals surface area (Å²) in [5, 5.41) is 8.80. The monoisotopic (exact) mass is 499 g/mol. The van der Waals surface area contributed by atoms with Crippen LogP contribution in [0.25, 0.3) is 10.8 Å². The van der Waals surface area contributed by atoms with Gasteiger partial charge in [0.05, 0.1) is 18.3 Å². The molecule has 0 fully saturated rings. The minimum Gasteiger partial charge on any atom is -0.422 e. The molecule has 0 aliphatic heterocycles. The highest BCUT2D eigenvalue weighted by Crippen LogP contribution is 2.27. The molecule has 0 bridgehead atoms. The number of hydrogen-bond acceptors (Lipinski definition) is 5. The van der Waals surface area contributed by atoms with Crippen molar-refractivity contribution in [2.24, 2.45) is 5.10 Å². The Morgan fingerprint density at radius 2 is 1.64 bits per heavy atom. The second-order valence-electron chi connectivity index (χ2n) is 7.89. The first-order valence-corrected chi connectivity index (χ1v) is 11.5. The summed E-state index contributed by atoms with van der Waals surface area (Å²) in [4.78, 5) is 37.2. The Hall–Kier alpha value is -4.49. The molecule has 0 saturated heterocycles. The highest BCUT2D eigenvalue weighted by molar-refractivity contribution is 6.30. The van der Waals surface area contributed by atoms with Gasteiger partial charge in [0.1, 0.15) is 5.75 Å². The van der Waals surface area contributed by atoms with Gasteiger partial charge >= 0.3 is 5.97 Å². The molecule has 180 valence electrons. The van der Waals surface area contributed by atoms with Gasteiger partial charge in [-0.3, -0.25) is 9.59 Å². The van der Waals surface area contributed by atoms with Gasteiger partial charge in [0.25, 0.3) is 11.8 Å². The van der Waals surface area contributed by atoms with Crippen LogP contribution in [0.1, 0.15) is 31.8 Å². The van der Waals surface area contributed by atoms with Gasteiger partial charge in [0.15, 0.2) is 0 Å². The number of halogens is 1. The van der Waals surface area contributed by atoms with E-state index in [9.17, 15) is 14.4 Å². The standard InChI is InChI=1S/C28H22ClN3O4/c1-18-6-2-4-8-22(18)27(34)30-17-26(33)32-31-16-24-23-9-5-3-7-19(23)12-15-25(24)36-28(35)20-10-13-21(29)14-11-20/h2-16H,17H2,1H3,(H,30,34)(H,32,33)/b31-16+. The lowest BCUT2D eigenvalue weighted by molar-refractivity contribution is -0.120. The second kappa shape index (κ2) is 11.3. The molecule has 0 heterocycles. The van der Waals surface area contributed by atoms with Crippen LogP contribution in [0.4, 0.5) is 0 Å². The van der Waals surface area contributed by atoms with Crippen molar-refractivity contribution in [3.63, 3.8) is 0 Å². The molecular weight excluding hydrogens is 478 g/mol. The predicted octanol–water partition coefficient (Wildman–Crippen LogP) is 4.90. The first-order chi connectivity index (χ1) is 17.4. The number of esters is 1. The molecule has 0 aliphatic carbocycles. The fourth-order valence-corrected chi connectivity index (χ4v) is 3.66. The van der Waals surface area contributed by atoms with E-state index >= 15 is 0 Å². The molecule has 0 spiro atoms. The molecule has 8 heteroatoms. The topological polar surface area (TPSA) is 96.9 Å². The number of rotatable bonds is 7. The third-order valence-electron chi connectivity index (χ3n) is 5.40. The van der Waals surface area contributed by atoms with E-state index in [0.29, 0.717) is 21.7 Å². The van der Waals surface area contributed by atoms with E-state index in [4.69, 9.17) is 16.3 Å². The summed E-state index contributed by atoms with van der Waals surface area (Å²) in [6.07, 6.45) is 1.41. The number of nitrogens with one attached hydrogen (secondary N) is 2. The summed E-state index contributed by atoms with van der Waals surface area (Å²) in [7, 11) is 0. The smallest absolute Gasteiger partial charge is 0.343 e. The average molecular weight is 500 g/mol. The van der Waals surface area contributed by atoms with Gasteiger partial charge in [-0.1, -0.05) is 60.1 Å². The Morgan fingerprint density at radius 3 is 2.42 bits per heavy atom. The van der Waals surface area contributed by atoms with Gasteiger partial charge in [-0.25, -0.2) is 10.2 Å². The van der Waals surface area contributed by atoms with E-state index in [1.54, 1.807) is 42.5 Å². The van der Waals surface area contributed by atoms with Crippen LogP contribution in [0.2, 0.25) is 5.02 Å². The number of carbonyl (C=O) groups is 3. The van der Waals surface area contributed by atoms with Crippen molar-refractivity contribution in [2.75, 3.05) is 6.54 Å². The summed E-state index contributed by atoms with van der Waals surface area (Å²) in [5.74, 6) is -1.13. The highest BCUT2D eigenvalue weighted by Gasteiger charge is 2.14. The summed E-state index contributed by atoms with van der Waals surface area (Å²) >= 11 is 5.90. The summed E-state index contributed by atoms with van der Waals surface area (Å²) in [5.41, 5.74) is 4.56. The number of amides is 2. The van der Waals surface area contributed by atoms with Crippen LogP contribution in [0.3, 0.4) is 0 Å². The van der Waals surface area contributed by atoms with E-state index < -0.39 is 11.9 Å². The van der Waals surface area contributed by atoms with Crippen LogP contribution < -0.4 is 15.5 Å². The predicted molar refractivity (Wildman–Crippen MR) is 140 cm³/mol. The third kappa shape index (κ3) is 5.95. The SMILES string of the molecule is Cc1ccccc1C(=O)NCC(=O)N/N=C/c1c(OC(=O)c2ccc(Cl)cc2)ccc2ccccc12. The number of carbonyl (C=O) groups excluding carboxylic acids is 3. The fraction of sp³-hybridized carbons (Fsp3) is 0.0714. The Morgan fingerprint density at radius 1 is 0.917 bits per heavy atom. The second-order valence-corrected chi connectivity index (χ2v) is 8.32. The molecule has 4 aromatic rings. The summed E-state index contributed by atoms with van der Waals surface area (Å²) in [6, 6.07) is 24.5. The number of hydrazone groups is 1. The molecule has 2 amide bonds. The molecule has 0 saturated carbocycles. The van der Waals surface area contributed by atoms with Gasteiger partial charge in [-0.15, -0.1) is 0 Å². The number of benzene rings is 4. The minimum absolute atomic E-state index is 0.252. The maximum Gasteiger partial charge on any atom is 0.343 e. The highest BCUT2D eigenvalue weighted by atomic mass is 35.5. The van der Waals surface area contributed by atoms with Crippen LogP contribution in [0.15, 0.2) is 90.0 Å². The Balaban J connectivity index is 1.47. The normalized spacial score (nSPS) is 10.8. The van der Waals surface area contributed by atoms with E-state index in [0.717, 1.165) is 16.3 Å². The first-order valence-electron chi connectivity index (χ1n) is 11.1. The molecule has 2 N–H and O–H groups in total. The Bertz CT molecular complexity index is 1470. The molecule has 0 aliphatic rings. The Labute approximate surface area is 212 Å². The molecule has 36 heavy (non-hydrogen) atoms. The van der Waals surface area contributed by atoms with Crippen LogP contribution >= 0.6 is 11.6 Å². The lowest BCUT2D eigenvalue weighted by Crippen LogP contribution is -2.35. The Kier molecular flexibility index (Phi) is 7.72. The van der Waals surface area contributed by atoms with Gasteiger partial charge in [-0.05, 0) is 59.7 Å². The number of ether oxygens (including phenoxy) is 1. The van der Waals surface area contributed by atoms with Gasteiger partial charge in [0.2, 0.25) is 0 Å². The van der Waals surface area contributed by atoms with Crippen LogP contribution in [0, 0.1) is 6.92 Å². The zero-order valence-electron chi connectivity index (χ0n) is 19.3. The zero-order valence-corrected chi connectivity index (χ0v) is 20.1. The quantitative estimate of drug-likeness (QED) is 0.163. The van der Waals surface area contributed by atoms with Crippen LogP contribution in [-0.4, -0.2) is 30.5 Å². The van der Waals surface area contributed by atoms with Crippen molar-refractivity contribution in [3.05, 3.63) is 112 Å². The number of aryl methyl sites for hydroxylation is 1. The fourth-order valence-electron chi connectivity index (χ4n) is 3.53. The van der Waals surface area contributed by atoms with Gasteiger partial charge in [0, 0.05) is 16.1 Å². The molecule has 0 aromatic heterocycles. The van der Waals surface area contributed by atoms with Crippen molar-refractivity contribution in [1.82, 2.24) is 10.7 Å². The maximum atomic E-state index is 12.7. The molecule has 0 radical (unpaired) electrons. The lowest BCUT2D eigenvalue weighted by Gasteiger charge is -2.11. The third-order valence-corrected chi connectivity index (χ3v) is 5.65. The molecule has 4 rings (SSSR count). The van der Waals surface area contributed by atoms with Crippen LogP contribution in [-0.2, 0) is 4.79 Å². The largest absolute Gasteiger partial charge is 0.422 e. The van der Waals surface area contributed by atoms with Crippen molar-refractivity contribution in [3.8, 4) is 5.75 Å².